The van der Waals surface area contributed by atoms with E-state index in [4.69, 9.17) is 20.2 Å². The molecular formula is C33H43N3O4. The van der Waals surface area contributed by atoms with Crippen molar-refractivity contribution >= 4 is 12.0 Å². The van der Waals surface area contributed by atoms with Crippen molar-refractivity contribution in [2.75, 3.05) is 0 Å². The number of carbonyl (C=O) groups excluding carboxylic acids is 2. The van der Waals surface area contributed by atoms with Gasteiger partial charge in [-0.15, -0.1) is 0 Å². The third-order valence-electron chi connectivity index (χ3n) is 6.22. The molecule has 2 amide bonds. The van der Waals surface area contributed by atoms with Crippen LogP contribution in [-0.4, -0.2) is 22.6 Å². The molecule has 0 aliphatic carbocycles. The number of rotatable bonds is 9. The summed E-state index contributed by atoms with van der Waals surface area (Å²) in [6.07, 6.45) is 0.448. The van der Waals surface area contributed by atoms with Gasteiger partial charge in [-0.05, 0) is 75.3 Å². The van der Waals surface area contributed by atoms with Gasteiger partial charge in [-0.2, -0.15) is 0 Å². The van der Waals surface area contributed by atoms with Crippen molar-refractivity contribution in [3.63, 3.8) is 0 Å². The van der Waals surface area contributed by atoms with Gasteiger partial charge in [-0.3, -0.25) is 9.78 Å². The summed E-state index contributed by atoms with van der Waals surface area (Å²) >= 11 is 0. The van der Waals surface area contributed by atoms with Crippen LogP contribution >= 0.6 is 0 Å². The van der Waals surface area contributed by atoms with Crippen molar-refractivity contribution < 1.29 is 19.1 Å². The molecule has 0 unspecified atom stereocenters. The van der Waals surface area contributed by atoms with Gasteiger partial charge in [0.1, 0.15) is 18.0 Å². The number of ether oxygens (including phenoxy) is 2. The molecule has 2 aromatic carbocycles. The first kappa shape index (κ1) is 30.7. The molecule has 7 heteroatoms. The van der Waals surface area contributed by atoms with Crippen molar-refractivity contribution in [2.45, 2.75) is 87.0 Å². The smallest absolute Gasteiger partial charge is 0.407 e. The molecule has 1 heterocycles. The first-order valence-electron chi connectivity index (χ1n) is 13.7. The minimum atomic E-state index is -0.602. The van der Waals surface area contributed by atoms with E-state index in [-0.39, 0.29) is 30.9 Å². The van der Waals surface area contributed by atoms with Crippen LogP contribution in [0.2, 0.25) is 0 Å². The topological polar surface area (TPSA) is 104 Å². The van der Waals surface area contributed by atoms with Crippen LogP contribution in [0.15, 0.2) is 48.5 Å². The van der Waals surface area contributed by atoms with E-state index in [1.54, 1.807) is 0 Å². The summed E-state index contributed by atoms with van der Waals surface area (Å²) in [6, 6.07) is 15.7. The lowest BCUT2D eigenvalue weighted by molar-refractivity contribution is -0.117. The number of benzene rings is 2. The fourth-order valence-corrected chi connectivity index (χ4v) is 4.46. The molecule has 0 spiro atoms. The molecule has 0 saturated heterocycles. The molecule has 214 valence electrons. The minimum absolute atomic E-state index is 0.0185. The second-order valence-corrected chi connectivity index (χ2v) is 12.5. The molecule has 7 nitrogen and oxygen atoms in total. The third-order valence-corrected chi connectivity index (χ3v) is 6.22. The van der Waals surface area contributed by atoms with Gasteiger partial charge in [-0.1, -0.05) is 62.7 Å². The number of amides is 2. The Balaban J connectivity index is 2.08. The summed E-state index contributed by atoms with van der Waals surface area (Å²) in [4.78, 5) is 29.0. The van der Waals surface area contributed by atoms with Crippen LogP contribution in [0.1, 0.15) is 75.2 Å². The quantitative estimate of drug-likeness (QED) is 0.316. The number of carbonyl (C=O) groups is 2. The Labute approximate surface area is 238 Å². The standard InChI is InChI=1S/C33H43N3O4/c1-21-9-13-24(14-10-21)30-26(19-35-31(38)40-33(6,7)8)28(18-32(3,4)5)36-22(2)27(30)20-39-25-15-11-23(12-16-25)17-29(34)37/h9-16H,17-20H2,1-8H3,(H2,34,37)(H,35,38). The Morgan fingerprint density at radius 3 is 2.08 bits per heavy atom. The van der Waals surface area contributed by atoms with Crippen molar-refractivity contribution in [1.29, 1.82) is 0 Å². The summed E-state index contributed by atoms with van der Waals surface area (Å²) in [5, 5.41) is 2.97. The normalized spacial score (nSPS) is 11.7. The highest BCUT2D eigenvalue weighted by atomic mass is 16.6. The van der Waals surface area contributed by atoms with Gasteiger partial charge in [0.2, 0.25) is 5.91 Å². The van der Waals surface area contributed by atoms with Crippen molar-refractivity contribution in [1.82, 2.24) is 10.3 Å². The van der Waals surface area contributed by atoms with Gasteiger partial charge in [0.15, 0.2) is 0 Å². The Morgan fingerprint density at radius 1 is 0.900 bits per heavy atom. The lowest BCUT2D eigenvalue weighted by atomic mass is 9.85. The lowest BCUT2D eigenvalue weighted by Crippen LogP contribution is -2.33. The SMILES string of the molecule is Cc1ccc(-c2c(COc3ccc(CC(N)=O)cc3)c(C)nc(CC(C)(C)C)c2CNC(=O)OC(C)(C)C)cc1. The highest BCUT2D eigenvalue weighted by molar-refractivity contribution is 5.76. The molecule has 0 aliphatic rings. The Hall–Kier alpha value is -3.87. The second kappa shape index (κ2) is 12.5. The van der Waals surface area contributed by atoms with Crippen LogP contribution in [0.25, 0.3) is 11.1 Å². The maximum Gasteiger partial charge on any atom is 0.407 e. The zero-order valence-corrected chi connectivity index (χ0v) is 25.1. The first-order valence-corrected chi connectivity index (χ1v) is 13.7. The zero-order valence-electron chi connectivity index (χ0n) is 25.1. The van der Waals surface area contributed by atoms with E-state index in [1.807, 2.05) is 52.0 Å². The molecule has 0 saturated carbocycles. The predicted molar refractivity (Wildman–Crippen MR) is 159 cm³/mol. The third kappa shape index (κ3) is 9.11. The number of aryl methyl sites for hydroxylation is 2. The second-order valence-electron chi connectivity index (χ2n) is 12.5. The van der Waals surface area contributed by atoms with Crippen LogP contribution < -0.4 is 15.8 Å². The van der Waals surface area contributed by atoms with Crippen molar-refractivity contribution in [2.24, 2.45) is 11.1 Å². The fraction of sp³-hybridized carbons (Fsp3) is 0.424. The van der Waals surface area contributed by atoms with E-state index in [1.165, 1.54) is 0 Å². The summed E-state index contributed by atoms with van der Waals surface area (Å²) in [6.45, 7) is 16.7. The summed E-state index contributed by atoms with van der Waals surface area (Å²) in [5.74, 6) is 0.302. The van der Waals surface area contributed by atoms with Gasteiger partial charge in [0, 0.05) is 29.1 Å². The van der Waals surface area contributed by atoms with Gasteiger partial charge >= 0.3 is 6.09 Å². The van der Waals surface area contributed by atoms with Crippen molar-refractivity contribution in [3.05, 3.63) is 82.2 Å². The van der Waals surface area contributed by atoms with Crippen LogP contribution in [0.5, 0.6) is 5.75 Å². The number of nitrogens with zero attached hydrogens (tertiary/aromatic N) is 1. The van der Waals surface area contributed by atoms with Crippen molar-refractivity contribution in [3.8, 4) is 16.9 Å². The molecule has 0 radical (unpaired) electrons. The molecule has 1 aromatic heterocycles. The molecule has 3 rings (SSSR count). The molecule has 3 aromatic rings. The number of alkyl carbamates (subject to hydrolysis) is 1. The number of hydrogen-bond acceptors (Lipinski definition) is 5. The summed E-state index contributed by atoms with van der Waals surface area (Å²) in [5.41, 5.74) is 12.4. The summed E-state index contributed by atoms with van der Waals surface area (Å²) in [7, 11) is 0. The number of pyridine rings is 1. The first-order chi connectivity index (χ1) is 18.6. The molecular weight excluding hydrogens is 502 g/mol. The van der Waals surface area contributed by atoms with Gasteiger partial charge in [0.25, 0.3) is 0 Å². The molecule has 0 bridgehead atoms. The molecule has 0 fully saturated rings. The average Bonchev–Trinajstić information content (AvgIpc) is 2.81. The minimum Gasteiger partial charge on any atom is -0.489 e. The largest absolute Gasteiger partial charge is 0.489 e. The average molecular weight is 546 g/mol. The maximum atomic E-state index is 12.7. The van der Waals surface area contributed by atoms with E-state index >= 15 is 0 Å². The Bertz CT molecular complexity index is 1330. The highest BCUT2D eigenvalue weighted by Crippen LogP contribution is 2.35. The highest BCUT2D eigenvalue weighted by Gasteiger charge is 2.24. The van der Waals surface area contributed by atoms with E-state index in [0.717, 1.165) is 51.2 Å². The lowest BCUT2D eigenvalue weighted by Gasteiger charge is -2.26. The molecule has 0 atom stereocenters. The van der Waals surface area contributed by atoms with Gasteiger partial charge in [-0.25, -0.2) is 4.79 Å². The van der Waals surface area contributed by atoms with Gasteiger partial charge < -0.3 is 20.5 Å². The van der Waals surface area contributed by atoms with Crippen LogP contribution in [0.3, 0.4) is 0 Å². The van der Waals surface area contributed by atoms with E-state index in [2.05, 4.69) is 57.3 Å². The predicted octanol–water partition coefficient (Wildman–Crippen LogP) is 6.59. The van der Waals surface area contributed by atoms with Crippen LogP contribution in [0.4, 0.5) is 4.79 Å². The van der Waals surface area contributed by atoms with Crippen LogP contribution in [-0.2, 0) is 35.5 Å². The number of hydrogen-bond donors (Lipinski definition) is 2. The zero-order chi connectivity index (χ0) is 29.7. The number of primary amides is 1. The summed E-state index contributed by atoms with van der Waals surface area (Å²) < 4.78 is 11.8. The maximum absolute atomic E-state index is 12.7. The molecule has 40 heavy (non-hydrogen) atoms. The number of nitrogens with one attached hydrogen (secondary N) is 1. The van der Waals surface area contributed by atoms with E-state index in [0.29, 0.717) is 5.75 Å². The van der Waals surface area contributed by atoms with E-state index in [9.17, 15) is 9.59 Å². The molecule has 3 N–H and O–H groups in total. The number of aromatic nitrogens is 1. The molecule has 0 aliphatic heterocycles. The Kier molecular flexibility index (Phi) is 9.61. The van der Waals surface area contributed by atoms with Crippen LogP contribution in [0, 0.1) is 19.3 Å². The van der Waals surface area contributed by atoms with E-state index < -0.39 is 11.7 Å². The van der Waals surface area contributed by atoms with Gasteiger partial charge in [0.05, 0.1) is 6.42 Å². The Morgan fingerprint density at radius 2 is 1.52 bits per heavy atom. The number of nitrogens with two attached hydrogens (primary N) is 1. The monoisotopic (exact) mass is 545 g/mol. The fourth-order valence-electron chi connectivity index (χ4n) is 4.46.